The Bertz CT molecular complexity index is 1160. The van der Waals surface area contributed by atoms with Crippen molar-refractivity contribution in [3.8, 4) is 11.5 Å². The van der Waals surface area contributed by atoms with Crippen LogP contribution in [0.25, 0.3) is 0 Å². The zero-order valence-electron chi connectivity index (χ0n) is 21.1. The highest BCUT2D eigenvalue weighted by molar-refractivity contribution is 7.98. The molecule has 206 valence electrons. The average molecular weight is 550 g/mol. The van der Waals surface area contributed by atoms with Crippen LogP contribution >= 0.6 is 11.8 Å². The number of carbonyl (C=O) groups is 2. The van der Waals surface area contributed by atoms with E-state index in [-0.39, 0.29) is 18.1 Å². The molecule has 5 N–H and O–H groups in total. The summed E-state index contributed by atoms with van der Waals surface area (Å²) in [6.45, 7) is 2.53. The van der Waals surface area contributed by atoms with Gasteiger partial charge in [-0.25, -0.2) is 19.6 Å². The van der Waals surface area contributed by atoms with Gasteiger partial charge in [0.05, 0.1) is 31.6 Å². The van der Waals surface area contributed by atoms with Gasteiger partial charge in [-0.2, -0.15) is 0 Å². The second kappa shape index (κ2) is 13.0. The molecule has 1 fully saturated rings. The lowest BCUT2D eigenvalue weighted by atomic mass is 9.74. The minimum Gasteiger partial charge on any atom is -0.493 e. The third-order valence-electron chi connectivity index (χ3n) is 6.26. The second-order valence-electron chi connectivity index (χ2n) is 8.67. The number of aromatic nitrogens is 2. The highest BCUT2D eigenvalue weighted by Gasteiger charge is 2.37. The van der Waals surface area contributed by atoms with Crippen molar-refractivity contribution in [3.63, 3.8) is 0 Å². The normalized spacial score (nSPS) is 21.4. The first-order valence-electron chi connectivity index (χ1n) is 11.9. The number of hydrogen-bond acceptors (Lipinski definition) is 11. The predicted molar refractivity (Wildman–Crippen MR) is 137 cm³/mol. The van der Waals surface area contributed by atoms with Crippen LogP contribution in [0.15, 0.2) is 34.7 Å². The van der Waals surface area contributed by atoms with E-state index >= 15 is 0 Å². The Labute approximate surface area is 223 Å². The van der Waals surface area contributed by atoms with E-state index in [1.165, 1.54) is 11.8 Å². The van der Waals surface area contributed by atoms with Crippen molar-refractivity contribution in [1.29, 1.82) is 0 Å². The standard InChI is InChI=1S/C21H25N3O3S.C4H6O6/c1-4-27-19-8-14-15-7-13(25)5-6-17(15)24-20(16(14)9-18(19)26-2)12-10-22-21(28-3)23-11-12;5-1(3(7)8)2(6)4(9)10/h8-11,13,15,17,25H,4-7H2,1-3H3;1-2,5-6H,(H,7,8)(H,9,10)/t13-,15-,17-;/m1./s1. The van der Waals surface area contributed by atoms with E-state index in [9.17, 15) is 14.7 Å². The zero-order valence-corrected chi connectivity index (χ0v) is 22.0. The molecule has 2 aliphatic rings. The predicted octanol–water partition coefficient (Wildman–Crippen LogP) is 1.33. The molecule has 2 unspecified atom stereocenters. The van der Waals surface area contributed by atoms with Gasteiger partial charge in [0.1, 0.15) is 0 Å². The number of thioether (sulfide) groups is 1. The lowest BCUT2D eigenvalue weighted by molar-refractivity contribution is -0.165. The Hall–Kier alpha value is -3.26. The molecular formula is C25H31N3O9S. The smallest absolute Gasteiger partial charge is 0.335 e. The number of fused-ring (bicyclic) bond motifs is 3. The molecular weight excluding hydrogens is 518 g/mol. The molecule has 0 radical (unpaired) electrons. The first-order valence-corrected chi connectivity index (χ1v) is 13.1. The number of nitrogens with zero attached hydrogens (tertiary/aromatic N) is 3. The molecule has 1 aromatic carbocycles. The highest BCUT2D eigenvalue weighted by Crippen LogP contribution is 2.44. The summed E-state index contributed by atoms with van der Waals surface area (Å²) >= 11 is 1.52. The molecule has 0 bridgehead atoms. The Kier molecular flexibility index (Phi) is 10.0. The van der Waals surface area contributed by atoms with Gasteiger partial charge < -0.3 is 35.0 Å². The maximum atomic E-state index is 10.3. The summed E-state index contributed by atoms with van der Waals surface area (Å²) in [4.78, 5) is 33.5. The van der Waals surface area contributed by atoms with Crippen molar-refractivity contribution in [3.05, 3.63) is 41.2 Å². The minimum atomic E-state index is -2.27. The van der Waals surface area contributed by atoms with Crippen molar-refractivity contribution in [2.45, 2.75) is 61.6 Å². The number of aliphatic hydroxyl groups is 3. The van der Waals surface area contributed by atoms with Gasteiger partial charge in [-0.05, 0) is 50.1 Å². The fourth-order valence-electron chi connectivity index (χ4n) is 4.42. The third kappa shape index (κ3) is 6.59. The summed E-state index contributed by atoms with van der Waals surface area (Å²) in [5.41, 5.74) is 3.96. The maximum absolute atomic E-state index is 10.3. The summed E-state index contributed by atoms with van der Waals surface area (Å²) in [5, 5.41) is 43.5. The van der Waals surface area contributed by atoms with Crippen LogP contribution in [0.3, 0.4) is 0 Å². The number of rotatable bonds is 8. The van der Waals surface area contributed by atoms with Crippen molar-refractivity contribution in [1.82, 2.24) is 9.97 Å². The van der Waals surface area contributed by atoms with Gasteiger partial charge in [-0.15, -0.1) is 0 Å². The second-order valence-corrected chi connectivity index (χ2v) is 9.44. The number of hydrogen-bond donors (Lipinski definition) is 5. The van der Waals surface area contributed by atoms with Crippen LogP contribution in [0, 0.1) is 0 Å². The quantitative estimate of drug-likeness (QED) is 0.235. The van der Waals surface area contributed by atoms with Crippen molar-refractivity contribution in [2.75, 3.05) is 20.0 Å². The Morgan fingerprint density at radius 1 is 1.08 bits per heavy atom. The van der Waals surface area contributed by atoms with Gasteiger partial charge in [0.2, 0.25) is 0 Å². The molecule has 2 heterocycles. The molecule has 1 aliphatic carbocycles. The molecule has 38 heavy (non-hydrogen) atoms. The number of carboxylic acid groups (broad SMARTS) is 2. The molecule has 1 aliphatic heterocycles. The number of aliphatic imine (C=N–C) groups is 1. The summed E-state index contributed by atoms with van der Waals surface area (Å²) < 4.78 is 11.4. The van der Waals surface area contributed by atoms with Crippen molar-refractivity contribution < 1.29 is 44.6 Å². The van der Waals surface area contributed by atoms with Gasteiger partial charge in [-0.3, -0.25) is 4.99 Å². The van der Waals surface area contributed by atoms with Gasteiger partial charge in [-0.1, -0.05) is 11.8 Å². The Morgan fingerprint density at radius 2 is 1.71 bits per heavy atom. The molecule has 0 spiro atoms. The van der Waals surface area contributed by atoms with E-state index in [1.54, 1.807) is 7.11 Å². The number of methoxy groups -OCH3 is 1. The van der Waals surface area contributed by atoms with E-state index in [1.807, 2.05) is 31.6 Å². The molecule has 4 rings (SSSR count). The minimum absolute atomic E-state index is 0.147. The van der Waals surface area contributed by atoms with Crippen LogP contribution in [0.1, 0.15) is 48.8 Å². The zero-order chi connectivity index (χ0) is 28.0. The topological polar surface area (TPSA) is 192 Å². The molecule has 1 saturated carbocycles. The first-order chi connectivity index (χ1) is 18.1. The number of aliphatic carboxylic acids is 2. The lowest BCUT2D eigenvalue weighted by Crippen LogP contribution is -2.39. The van der Waals surface area contributed by atoms with E-state index < -0.39 is 24.1 Å². The molecule has 1 aromatic heterocycles. The SMILES string of the molecule is CCOc1cc2c(cc1OC)C(c1cnc(SC)nc1)=N[C@@H]1CC[C@@H](O)C[C@H]21.O=C(O)C(O)C(O)C(=O)O. The summed E-state index contributed by atoms with van der Waals surface area (Å²) in [6.07, 6.45) is 3.18. The van der Waals surface area contributed by atoms with Crippen LogP contribution in [0.5, 0.6) is 11.5 Å². The number of benzene rings is 1. The Morgan fingerprint density at radius 3 is 2.24 bits per heavy atom. The number of carboxylic acids is 2. The number of ether oxygens (including phenoxy) is 2. The van der Waals surface area contributed by atoms with Crippen LogP contribution in [0.2, 0.25) is 0 Å². The molecule has 5 atom stereocenters. The monoisotopic (exact) mass is 549 g/mol. The summed E-state index contributed by atoms with van der Waals surface area (Å²) in [6, 6.07) is 4.21. The lowest BCUT2D eigenvalue weighted by Gasteiger charge is -2.37. The first kappa shape index (κ1) is 29.3. The van der Waals surface area contributed by atoms with Gasteiger partial charge >= 0.3 is 11.9 Å². The summed E-state index contributed by atoms with van der Waals surface area (Å²) in [7, 11) is 1.65. The van der Waals surface area contributed by atoms with Crippen LogP contribution in [-0.4, -0.2) is 97.5 Å². The van der Waals surface area contributed by atoms with Crippen LogP contribution in [-0.2, 0) is 9.59 Å². The molecule has 12 nitrogen and oxygen atoms in total. The van der Waals surface area contributed by atoms with E-state index in [4.69, 9.17) is 34.9 Å². The van der Waals surface area contributed by atoms with Crippen molar-refractivity contribution >= 4 is 29.4 Å². The fraction of sp³-hybridized carbons (Fsp3) is 0.480. The van der Waals surface area contributed by atoms with Gasteiger partial charge in [0.25, 0.3) is 0 Å². The molecule has 0 amide bonds. The van der Waals surface area contributed by atoms with Gasteiger partial charge in [0, 0.05) is 29.4 Å². The van der Waals surface area contributed by atoms with E-state index in [0.717, 1.165) is 46.1 Å². The van der Waals surface area contributed by atoms with Crippen LogP contribution in [0.4, 0.5) is 0 Å². The highest BCUT2D eigenvalue weighted by atomic mass is 32.2. The maximum Gasteiger partial charge on any atom is 0.335 e. The largest absolute Gasteiger partial charge is 0.493 e. The molecule has 2 aromatic rings. The fourth-order valence-corrected chi connectivity index (χ4v) is 4.73. The van der Waals surface area contributed by atoms with Crippen LogP contribution < -0.4 is 9.47 Å². The Balaban J connectivity index is 0.000000342. The van der Waals surface area contributed by atoms with Gasteiger partial charge in [0.15, 0.2) is 28.9 Å². The molecule has 13 heteroatoms. The van der Waals surface area contributed by atoms with E-state index in [0.29, 0.717) is 18.8 Å². The van der Waals surface area contributed by atoms with E-state index in [2.05, 4.69) is 16.0 Å². The molecule has 0 saturated heterocycles. The number of aliphatic hydroxyl groups excluding tert-OH is 3. The van der Waals surface area contributed by atoms with Crippen molar-refractivity contribution in [2.24, 2.45) is 4.99 Å². The average Bonchev–Trinajstić information content (AvgIpc) is 2.92. The third-order valence-corrected chi connectivity index (χ3v) is 6.84. The summed E-state index contributed by atoms with van der Waals surface area (Å²) in [5.74, 6) is -1.94.